The normalized spacial score (nSPS) is 10.5. The average molecular weight is 327 g/mol. The van der Waals surface area contributed by atoms with E-state index in [4.69, 9.17) is 5.73 Å². The Bertz CT molecular complexity index is 673. The lowest BCUT2D eigenvalue weighted by atomic mass is 10.2. The number of carbonyl (C=O) groups is 2. The number of hydrogen-bond acceptors (Lipinski definition) is 5. The second-order valence-corrected chi connectivity index (χ2v) is 5.00. The summed E-state index contributed by atoms with van der Waals surface area (Å²) in [7, 11) is 0. The summed E-state index contributed by atoms with van der Waals surface area (Å²) in [5.74, 6) is -1.01. The first kappa shape index (κ1) is 15.8. The van der Waals surface area contributed by atoms with Crippen molar-refractivity contribution >= 4 is 28.3 Å². The summed E-state index contributed by atoms with van der Waals surface area (Å²) in [6.07, 6.45) is -0.00790. The number of aromatic nitrogens is 1. The van der Waals surface area contributed by atoms with Crippen LogP contribution in [0, 0.1) is 0 Å². The molecule has 0 aliphatic carbocycles. The van der Waals surface area contributed by atoms with E-state index >= 15 is 0 Å². The molecule has 0 fully saturated rings. The van der Waals surface area contributed by atoms with Crippen molar-refractivity contribution in [2.24, 2.45) is 5.73 Å². The summed E-state index contributed by atoms with van der Waals surface area (Å²) in [6, 6.07) is 5.23. The fraction of sp³-hybridized carbons (Fsp3) is 0.154. The van der Waals surface area contributed by atoms with E-state index in [0.717, 1.165) is 11.3 Å². The Morgan fingerprint density at radius 2 is 2.00 bits per heavy atom. The van der Waals surface area contributed by atoms with Crippen molar-refractivity contribution in [1.82, 2.24) is 4.98 Å². The van der Waals surface area contributed by atoms with Crippen molar-refractivity contribution in [2.45, 2.75) is 13.0 Å². The number of anilines is 1. The Kier molecular flexibility index (Phi) is 4.99. The maximum absolute atomic E-state index is 12.0. The van der Waals surface area contributed by atoms with Crippen molar-refractivity contribution in [3.8, 4) is 5.75 Å². The number of nitrogens with zero attached hydrogens (tertiary/aromatic N) is 1. The van der Waals surface area contributed by atoms with Gasteiger partial charge in [-0.1, -0.05) is 0 Å². The predicted octanol–water partition coefficient (Wildman–Crippen LogP) is 2.02. The molecule has 0 bridgehead atoms. The number of thiazole rings is 1. The van der Waals surface area contributed by atoms with Crippen LogP contribution in [0.1, 0.15) is 16.1 Å². The van der Waals surface area contributed by atoms with Crippen LogP contribution in [0.15, 0.2) is 29.6 Å². The molecule has 22 heavy (non-hydrogen) atoms. The lowest BCUT2D eigenvalue weighted by Gasteiger charge is -2.05. The number of nitrogens with one attached hydrogen (secondary N) is 1. The van der Waals surface area contributed by atoms with Crippen molar-refractivity contribution in [2.75, 3.05) is 5.32 Å². The molecule has 0 aliphatic heterocycles. The van der Waals surface area contributed by atoms with Crippen molar-refractivity contribution in [3.63, 3.8) is 0 Å². The number of rotatable bonds is 6. The van der Waals surface area contributed by atoms with E-state index in [1.54, 1.807) is 5.38 Å². The van der Waals surface area contributed by atoms with Gasteiger partial charge in [0.25, 0.3) is 5.91 Å². The highest BCUT2D eigenvalue weighted by Crippen LogP contribution is 2.18. The smallest absolute Gasteiger partial charge is 0.387 e. The number of carbonyl (C=O) groups excluding carboxylic acids is 2. The van der Waals surface area contributed by atoms with E-state index in [-0.39, 0.29) is 17.7 Å². The molecule has 0 saturated heterocycles. The Hall–Kier alpha value is -2.55. The molecule has 0 radical (unpaired) electrons. The summed E-state index contributed by atoms with van der Waals surface area (Å²) >= 11 is 1.15. The zero-order valence-electron chi connectivity index (χ0n) is 11.1. The molecular weight excluding hydrogens is 316 g/mol. The zero-order valence-corrected chi connectivity index (χ0v) is 11.9. The van der Waals surface area contributed by atoms with Gasteiger partial charge in [-0.3, -0.25) is 14.9 Å². The minimum absolute atomic E-state index is 0.00790. The SMILES string of the molecule is NC(=O)Cc1csc(NC(=O)c2ccc(OC(F)F)cc2)n1. The van der Waals surface area contributed by atoms with Crippen LogP contribution in [0.5, 0.6) is 5.75 Å². The summed E-state index contributed by atoms with van der Waals surface area (Å²) in [5.41, 5.74) is 5.77. The number of halogens is 2. The topological polar surface area (TPSA) is 94.3 Å². The second kappa shape index (κ2) is 6.94. The number of alkyl halides is 2. The molecule has 2 rings (SSSR count). The highest BCUT2D eigenvalue weighted by Gasteiger charge is 2.11. The van der Waals surface area contributed by atoms with Gasteiger partial charge in [0.15, 0.2) is 5.13 Å². The first-order chi connectivity index (χ1) is 10.4. The third kappa shape index (κ3) is 4.48. The van der Waals surface area contributed by atoms with Crippen LogP contribution < -0.4 is 15.8 Å². The van der Waals surface area contributed by atoms with Gasteiger partial charge in [0.1, 0.15) is 5.75 Å². The van der Waals surface area contributed by atoms with E-state index in [2.05, 4.69) is 15.0 Å². The van der Waals surface area contributed by atoms with E-state index in [1.165, 1.54) is 24.3 Å². The van der Waals surface area contributed by atoms with Crippen molar-refractivity contribution < 1.29 is 23.1 Å². The quantitative estimate of drug-likeness (QED) is 0.849. The van der Waals surface area contributed by atoms with Gasteiger partial charge in [-0.15, -0.1) is 11.3 Å². The lowest BCUT2D eigenvalue weighted by molar-refractivity contribution is -0.117. The number of benzene rings is 1. The molecule has 0 atom stereocenters. The number of hydrogen-bond donors (Lipinski definition) is 2. The van der Waals surface area contributed by atoms with Gasteiger partial charge in [-0.05, 0) is 24.3 Å². The Balaban J connectivity index is 1.99. The van der Waals surface area contributed by atoms with Gasteiger partial charge in [0, 0.05) is 10.9 Å². The Labute approximate surface area is 127 Å². The lowest BCUT2D eigenvalue weighted by Crippen LogP contribution is -2.14. The molecule has 9 heteroatoms. The number of amides is 2. The summed E-state index contributed by atoms with van der Waals surface area (Å²) in [5, 5.41) is 4.46. The Morgan fingerprint density at radius 3 is 2.59 bits per heavy atom. The first-order valence-corrected chi connectivity index (χ1v) is 6.91. The van der Waals surface area contributed by atoms with Crippen LogP contribution in [0.3, 0.4) is 0 Å². The fourth-order valence-electron chi connectivity index (χ4n) is 1.58. The monoisotopic (exact) mass is 327 g/mol. The maximum Gasteiger partial charge on any atom is 0.387 e. The number of ether oxygens (including phenoxy) is 1. The molecule has 1 heterocycles. The minimum atomic E-state index is -2.92. The molecule has 3 N–H and O–H groups in total. The molecule has 1 aromatic heterocycles. The number of primary amides is 1. The van der Waals surface area contributed by atoms with Gasteiger partial charge >= 0.3 is 6.61 Å². The Morgan fingerprint density at radius 1 is 1.32 bits per heavy atom. The predicted molar refractivity (Wildman–Crippen MR) is 76.0 cm³/mol. The number of nitrogens with two attached hydrogens (primary N) is 1. The van der Waals surface area contributed by atoms with Crippen LogP contribution in [0.2, 0.25) is 0 Å². The highest BCUT2D eigenvalue weighted by molar-refractivity contribution is 7.14. The van der Waals surface area contributed by atoms with E-state index < -0.39 is 18.4 Å². The molecule has 2 aromatic rings. The minimum Gasteiger partial charge on any atom is -0.435 e. The van der Waals surface area contributed by atoms with Crippen LogP contribution in [-0.4, -0.2) is 23.4 Å². The third-order valence-corrected chi connectivity index (χ3v) is 3.28. The van der Waals surface area contributed by atoms with E-state index in [1.807, 2.05) is 0 Å². The fourth-order valence-corrected chi connectivity index (χ4v) is 2.29. The summed E-state index contributed by atoms with van der Waals surface area (Å²) in [4.78, 5) is 26.8. The molecule has 0 aliphatic rings. The highest BCUT2D eigenvalue weighted by atomic mass is 32.1. The molecule has 0 unspecified atom stereocenters. The molecule has 0 saturated carbocycles. The van der Waals surface area contributed by atoms with Gasteiger partial charge in [0.05, 0.1) is 12.1 Å². The zero-order chi connectivity index (χ0) is 16.1. The molecule has 1 aromatic carbocycles. The van der Waals surface area contributed by atoms with Crippen molar-refractivity contribution in [3.05, 3.63) is 40.9 Å². The maximum atomic E-state index is 12.0. The van der Waals surface area contributed by atoms with Gasteiger partial charge in [0.2, 0.25) is 5.91 Å². The van der Waals surface area contributed by atoms with Gasteiger partial charge in [-0.2, -0.15) is 8.78 Å². The second-order valence-electron chi connectivity index (χ2n) is 4.14. The van der Waals surface area contributed by atoms with Crippen LogP contribution >= 0.6 is 11.3 Å². The standard InChI is InChI=1S/C13H11F2N3O3S/c14-12(15)21-9-3-1-7(2-4-9)11(20)18-13-17-8(6-22-13)5-10(16)19/h1-4,6,12H,5H2,(H2,16,19)(H,17,18,20). The van der Waals surface area contributed by atoms with Gasteiger partial charge < -0.3 is 10.5 Å². The van der Waals surface area contributed by atoms with Crippen LogP contribution in [0.25, 0.3) is 0 Å². The summed E-state index contributed by atoms with van der Waals surface area (Å²) in [6.45, 7) is -2.92. The summed E-state index contributed by atoms with van der Waals surface area (Å²) < 4.78 is 28.2. The molecule has 0 spiro atoms. The molecular formula is C13H11F2N3O3S. The molecule has 6 nitrogen and oxygen atoms in total. The first-order valence-electron chi connectivity index (χ1n) is 6.03. The van der Waals surface area contributed by atoms with Crippen LogP contribution in [-0.2, 0) is 11.2 Å². The van der Waals surface area contributed by atoms with Crippen LogP contribution in [0.4, 0.5) is 13.9 Å². The van der Waals surface area contributed by atoms with E-state index in [0.29, 0.717) is 10.8 Å². The molecule has 116 valence electrons. The third-order valence-electron chi connectivity index (χ3n) is 2.47. The largest absolute Gasteiger partial charge is 0.435 e. The molecule has 2 amide bonds. The average Bonchev–Trinajstić information content (AvgIpc) is 2.85. The van der Waals surface area contributed by atoms with Crippen molar-refractivity contribution in [1.29, 1.82) is 0 Å². The van der Waals surface area contributed by atoms with E-state index in [9.17, 15) is 18.4 Å². The van der Waals surface area contributed by atoms with Gasteiger partial charge in [-0.25, -0.2) is 4.98 Å².